The molecule has 1 heterocycles. The highest BCUT2D eigenvalue weighted by Gasteiger charge is 2.37. The third-order valence-corrected chi connectivity index (χ3v) is 5.11. The largest absolute Gasteiger partial charge is 0.340 e. The van der Waals surface area contributed by atoms with Crippen LogP contribution in [0.2, 0.25) is 0 Å². The van der Waals surface area contributed by atoms with Crippen molar-refractivity contribution in [3.05, 3.63) is 35.4 Å². The van der Waals surface area contributed by atoms with Crippen molar-refractivity contribution >= 4 is 5.91 Å². The standard InChI is InChI=1S/C18H27N3O/c1-14(17(22)21-11-9-20(2)10-12-21)16-5-3-15(4-6-16)13-18(19)7-8-18/h3-6,14H,7-13,19H2,1-2H3. The molecular formula is C18H27N3O. The van der Waals surface area contributed by atoms with Crippen LogP contribution in [0.3, 0.4) is 0 Å². The normalized spacial score (nSPS) is 22.4. The first-order chi connectivity index (χ1) is 10.5. The number of benzene rings is 1. The summed E-state index contributed by atoms with van der Waals surface area (Å²) in [6, 6.07) is 8.46. The Balaban J connectivity index is 1.61. The second-order valence-corrected chi connectivity index (χ2v) is 7.13. The molecule has 1 aromatic carbocycles. The zero-order valence-electron chi connectivity index (χ0n) is 13.7. The fourth-order valence-electron chi connectivity index (χ4n) is 3.11. The maximum atomic E-state index is 12.6. The lowest BCUT2D eigenvalue weighted by molar-refractivity contribution is -0.134. The summed E-state index contributed by atoms with van der Waals surface area (Å²) in [4.78, 5) is 16.9. The molecule has 0 bridgehead atoms. The van der Waals surface area contributed by atoms with E-state index >= 15 is 0 Å². The van der Waals surface area contributed by atoms with E-state index in [4.69, 9.17) is 5.73 Å². The first-order valence-corrected chi connectivity index (χ1v) is 8.32. The van der Waals surface area contributed by atoms with Crippen LogP contribution in [0.5, 0.6) is 0 Å². The molecule has 0 spiro atoms. The van der Waals surface area contributed by atoms with E-state index in [-0.39, 0.29) is 17.4 Å². The molecule has 2 N–H and O–H groups in total. The van der Waals surface area contributed by atoms with Gasteiger partial charge in [0.05, 0.1) is 5.92 Å². The van der Waals surface area contributed by atoms with Gasteiger partial charge in [-0.15, -0.1) is 0 Å². The van der Waals surface area contributed by atoms with Gasteiger partial charge in [0.15, 0.2) is 0 Å². The second kappa shape index (κ2) is 6.01. The average molecular weight is 301 g/mol. The molecule has 4 heteroatoms. The number of likely N-dealkylation sites (N-methyl/N-ethyl adjacent to an activating group) is 1. The van der Waals surface area contributed by atoms with Gasteiger partial charge >= 0.3 is 0 Å². The lowest BCUT2D eigenvalue weighted by Gasteiger charge is -2.34. The molecule has 2 aliphatic rings. The van der Waals surface area contributed by atoms with Crippen LogP contribution in [-0.4, -0.2) is 54.5 Å². The Morgan fingerprint density at radius 3 is 2.32 bits per heavy atom. The minimum absolute atomic E-state index is 0.0444. The molecule has 1 saturated heterocycles. The molecule has 1 aromatic rings. The summed E-state index contributed by atoms with van der Waals surface area (Å²) < 4.78 is 0. The fourth-order valence-corrected chi connectivity index (χ4v) is 3.11. The first-order valence-electron chi connectivity index (χ1n) is 8.32. The topological polar surface area (TPSA) is 49.6 Å². The van der Waals surface area contributed by atoms with E-state index in [1.165, 1.54) is 5.56 Å². The molecule has 1 amide bonds. The van der Waals surface area contributed by atoms with Crippen molar-refractivity contribution in [1.82, 2.24) is 9.80 Å². The van der Waals surface area contributed by atoms with E-state index < -0.39 is 0 Å². The third kappa shape index (κ3) is 3.50. The smallest absolute Gasteiger partial charge is 0.229 e. The molecule has 1 aliphatic carbocycles. The predicted molar refractivity (Wildman–Crippen MR) is 88.8 cm³/mol. The summed E-state index contributed by atoms with van der Waals surface area (Å²) in [5.41, 5.74) is 8.60. The molecular weight excluding hydrogens is 274 g/mol. The van der Waals surface area contributed by atoms with Crippen LogP contribution in [0.4, 0.5) is 0 Å². The zero-order valence-corrected chi connectivity index (χ0v) is 13.7. The number of piperazine rings is 1. The van der Waals surface area contributed by atoms with Gasteiger partial charge in [-0.1, -0.05) is 24.3 Å². The summed E-state index contributed by atoms with van der Waals surface area (Å²) in [6.07, 6.45) is 3.22. The van der Waals surface area contributed by atoms with Crippen molar-refractivity contribution in [1.29, 1.82) is 0 Å². The maximum Gasteiger partial charge on any atom is 0.229 e. The Morgan fingerprint density at radius 1 is 1.18 bits per heavy atom. The quantitative estimate of drug-likeness (QED) is 0.919. The van der Waals surface area contributed by atoms with Crippen molar-refractivity contribution in [2.24, 2.45) is 5.73 Å². The number of hydrogen-bond donors (Lipinski definition) is 1. The van der Waals surface area contributed by atoms with Crippen molar-refractivity contribution in [3.8, 4) is 0 Å². The summed E-state index contributed by atoms with van der Waals surface area (Å²) >= 11 is 0. The predicted octanol–water partition coefficient (Wildman–Crippen LogP) is 1.60. The Labute approximate surface area is 133 Å². The van der Waals surface area contributed by atoms with Gasteiger partial charge in [-0.3, -0.25) is 4.79 Å². The molecule has 4 nitrogen and oxygen atoms in total. The average Bonchev–Trinajstić information content (AvgIpc) is 3.24. The fraction of sp³-hybridized carbons (Fsp3) is 0.611. The van der Waals surface area contributed by atoms with E-state index in [1.54, 1.807) is 0 Å². The zero-order chi connectivity index (χ0) is 15.7. The molecule has 3 rings (SSSR count). The number of amides is 1. The number of nitrogens with two attached hydrogens (primary N) is 1. The van der Waals surface area contributed by atoms with Crippen LogP contribution in [0.15, 0.2) is 24.3 Å². The van der Waals surface area contributed by atoms with Crippen LogP contribution in [0.1, 0.15) is 36.8 Å². The Bertz CT molecular complexity index is 528. The highest BCUT2D eigenvalue weighted by molar-refractivity contribution is 5.83. The molecule has 2 fully saturated rings. The van der Waals surface area contributed by atoms with Crippen LogP contribution >= 0.6 is 0 Å². The summed E-state index contributed by atoms with van der Waals surface area (Å²) in [6.45, 7) is 5.63. The Kier molecular flexibility index (Phi) is 4.24. The first kappa shape index (κ1) is 15.5. The number of rotatable bonds is 4. The van der Waals surface area contributed by atoms with Crippen LogP contribution in [0, 0.1) is 0 Å². The molecule has 1 atom stereocenters. The molecule has 1 aliphatic heterocycles. The highest BCUT2D eigenvalue weighted by atomic mass is 16.2. The molecule has 1 unspecified atom stereocenters. The van der Waals surface area contributed by atoms with Crippen molar-refractivity contribution in [2.45, 2.75) is 37.6 Å². The minimum atomic E-state index is -0.0646. The number of hydrogen-bond acceptors (Lipinski definition) is 3. The molecule has 1 saturated carbocycles. The molecule has 22 heavy (non-hydrogen) atoms. The van der Waals surface area contributed by atoms with Gasteiger partial charge < -0.3 is 15.5 Å². The molecule has 0 aromatic heterocycles. The van der Waals surface area contributed by atoms with E-state index in [9.17, 15) is 4.79 Å². The summed E-state index contributed by atoms with van der Waals surface area (Å²) in [5.74, 6) is 0.184. The second-order valence-electron chi connectivity index (χ2n) is 7.13. The van der Waals surface area contributed by atoms with E-state index in [2.05, 4.69) is 36.2 Å². The van der Waals surface area contributed by atoms with Gasteiger partial charge in [0, 0.05) is 31.7 Å². The Hall–Kier alpha value is -1.39. The third-order valence-electron chi connectivity index (χ3n) is 5.11. The Morgan fingerprint density at radius 2 is 1.77 bits per heavy atom. The lowest BCUT2D eigenvalue weighted by atomic mass is 9.96. The van der Waals surface area contributed by atoms with Crippen LogP contribution in [0.25, 0.3) is 0 Å². The van der Waals surface area contributed by atoms with Gasteiger partial charge in [-0.05, 0) is 44.4 Å². The molecule has 0 radical (unpaired) electrons. The monoisotopic (exact) mass is 301 g/mol. The summed E-state index contributed by atoms with van der Waals surface area (Å²) in [7, 11) is 2.11. The van der Waals surface area contributed by atoms with Gasteiger partial charge in [0.25, 0.3) is 0 Å². The van der Waals surface area contributed by atoms with Crippen LogP contribution < -0.4 is 5.73 Å². The van der Waals surface area contributed by atoms with E-state index in [1.807, 2.05) is 11.8 Å². The summed E-state index contributed by atoms with van der Waals surface area (Å²) in [5, 5.41) is 0. The van der Waals surface area contributed by atoms with E-state index in [0.29, 0.717) is 0 Å². The van der Waals surface area contributed by atoms with Gasteiger partial charge in [-0.2, -0.15) is 0 Å². The van der Waals surface area contributed by atoms with Gasteiger partial charge in [0.1, 0.15) is 0 Å². The molecule has 120 valence electrons. The number of carbonyl (C=O) groups excluding carboxylic acids is 1. The van der Waals surface area contributed by atoms with Crippen molar-refractivity contribution in [2.75, 3.05) is 33.2 Å². The van der Waals surface area contributed by atoms with Crippen LogP contribution in [-0.2, 0) is 11.2 Å². The van der Waals surface area contributed by atoms with Gasteiger partial charge in [-0.25, -0.2) is 0 Å². The van der Waals surface area contributed by atoms with Gasteiger partial charge in [0.2, 0.25) is 5.91 Å². The lowest BCUT2D eigenvalue weighted by Crippen LogP contribution is -2.48. The minimum Gasteiger partial charge on any atom is -0.340 e. The van der Waals surface area contributed by atoms with Crippen molar-refractivity contribution < 1.29 is 4.79 Å². The highest BCUT2D eigenvalue weighted by Crippen LogP contribution is 2.35. The van der Waals surface area contributed by atoms with Crippen molar-refractivity contribution in [3.63, 3.8) is 0 Å². The maximum absolute atomic E-state index is 12.6. The number of nitrogens with zero attached hydrogens (tertiary/aromatic N) is 2. The SMILES string of the molecule is CC(C(=O)N1CCN(C)CC1)c1ccc(CC2(N)CC2)cc1. The van der Waals surface area contributed by atoms with E-state index in [0.717, 1.165) is 51.0 Å². The number of carbonyl (C=O) groups is 1.